The van der Waals surface area contributed by atoms with Gasteiger partial charge in [0, 0.05) is 24.6 Å². The monoisotopic (exact) mass is 306 g/mol. The topological polar surface area (TPSA) is 67.4 Å². The molecule has 1 aromatic rings. The molecule has 0 saturated heterocycles. The van der Waals surface area contributed by atoms with Crippen LogP contribution in [0.15, 0.2) is 16.3 Å². The molecule has 1 heterocycles. The Morgan fingerprint density at radius 1 is 1.47 bits per heavy atom. The lowest BCUT2D eigenvalue weighted by atomic mass is 10.4. The van der Waals surface area contributed by atoms with Crippen LogP contribution in [-0.2, 0) is 21.3 Å². The van der Waals surface area contributed by atoms with Crippen molar-refractivity contribution in [2.45, 2.75) is 37.8 Å². The van der Waals surface area contributed by atoms with Crippen molar-refractivity contribution in [3.05, 3.63) is 16.3 Å². The van der Waals surface area contributed by atoms with Gasteiger partial charge in [0.25, 0.3) is 0 Å². The summed E-state index contributed by atoms with van der Waals surface area (Å²) < 4.78 is 32.0. The van der Waals surface area contributed by atoms with E-state index in [9.17, 15) is 8.42 Å². The van der Waals surface area contributed by atoms with Gasteiger partial charge in [-0.15, -0.1) is 11.3 Å². The second kappa shape index (κ2) is 7.96. The van der Waals surface area contributed by atoms with Crippen LogP contribution in [0, 0.1) is 0 Å². The molecular formula is C12H22N2O3S2. The van der Waals surface area contributed by atoms with E-state index in [1.54, 1.807) is 25.5 Å². The molecule has 0 aliphatic carbocycles. The largest absolute Gasteiger partial charge is 0.383 e. The zero-order valence-electron chi connectivity index (χ0n) is 11.6. The highest BCUT2D eigenvalue weighted by Gasteiger charge is 2.21. The van der Waals surface area contributed by atoms with Gasteiger partial charge in [-0.2, -0.15) is 0 Å². The van der Waals surface area contributed by atoms with Crippen molar-refractivity contribution in [3.8, 4) is 0 Å². The van der Waals surface area contributed by atoms with Crippen LogP contribution in [0.2, 0.25) is 0 Å². The van der Waals surface area contributed by atoms with Gasteiger partial charge >= 0.3 is 0 Å². The van der Waals surface area contributed by atoms with E-state index in [1.165, 1.54) is 11.3 Å². The van der Waals surface area contributed by atoms with Crippen molar-refractivity contribution in [2.24, 2.45) is 0 Å². The van der Waals surface area contributed by atoms with Crippen molar-refractivity contribution in [1.82, 2.24) is 10.0 Å². The number of ether oxygens (including phenoxy) is 1. The fourth-order valence-electron chi connectivity index (χ4n) is 1.69. The molecule has 19 heavy (non-hydrogen) atoms. The van der Waals surface area contributed by atoms with Crippen LogP contribution in [0.25, 0.3) is 0 Å². The summed E-state index contributed by atoms with van der Waals surface area (Å²) >= 11 is 1.45. The van der Waals surface area contributed by atoms with Gasteiger partial charge in [0.05, 0.1) is 11.5 Å². The van der Waals surface area contributed by atoms with E-state index in [2.05, 4.69) is 17.0 Å². The van der Waals surface area contributed by atoms with Gasteiger partial charge in [-0.1, -0.05) is 6.92 Å². The van der Waals surface area contributed by atoms with Crippen LogP contribution in [-0.4, -0.2) is 34.7 Å². The minimum atomic E-state index is -3.47. The van der Waals surface area contributed by atoms with E-state index >= 15 is 0 Å². The van der Waals surface area contributed by atoms with E-state index in [-0.39, 0.29) is 6.04 Å². The van der Waals surface area contributed by atoms with E-state index in [4.69, 9.17) is 4.74 Å². The maximum absolute atomic E-state index is 12.2. The predicted octanol–water partition coefficient (Wildman–Crippen LogP) is 1.56. The number of nitrogens with one attached hydrogen (secondary N) is 2. The molecule has 1 aromatic heterocycles. The average molecular weight is 306 g/mol. The predicted molar refractivity (Wildman–Crippen MR) is 78.0 cm³/mol. The minimum Gasteiger partial charge on any atom is -0.383 e. The molecule has 2 N–H and O–H groups in total. The highest BCUT2D eigenvalue weighted by atomic mass is 32.2. The van der Waals surface area contributed by atoms with Crippen molar-refractivity contribution >= 4 is 21.4 Å². The van der Waals surface area contributed by atoms with Crippen molar-refractivity contribution in [1.29, 1.82) is 0 Å². The number of hydrogen-bond donors (Lipinski definition) is 2. The lowest BCUT2D eigenvalue weighted by Crippen LogP contribution is -2.36. The molecular weight excluding hydrogens is 284 g/mol. The first-order valence-electron chi connectivity index (χ1n) is 6.29. The molecule has 1 rings (SSSR count). The van der Waals surface area contributed by atoms with Gasteiger partial charge in [-0.3, -0.25) is 0 Å². The fourth-order valence-corrected chi connectivity index (χ4v) is 4.33. The molecule has 0 aliphatic heterocycles. The molecule has 1 atom stereocenters. The van der Waals surface area contributed by atoms with Crippen molar-refractivity contribution < 1.29 is 13.2 Å². The molecule has 0 aromatic carbocycles. The zero-order valence-corrected chi connectivity index (χ0v) is 13.2. The fraction of sp³-hybridized carbons (Fsp3) is 0.667. The third-order valence-electron chi connectivity index (χ3n) is 2.48. The summed E-state index contributed by atoms with van der Waals surface area (Å²) in [5.41, 5.74) is 0. The lowest BCUT2D eigenvalue weighted by Gasteiger charge is -2.13. The summed E-state index contributed by atoms with van der Waals surface area (Å²) in [7, 11) is -1.91. The molecule has 5 nitrogen and oxygen atoms in total. The third-order valence-corrected chi connectivity index (χ3v) is 5.20. The number of sulfonamides is 1. The minimum absolute atomic E-state index is 0.244. The molecule has 0 fully saturated rings. The maximum atomic E-state index is 12.2. The highest BCUT2D eigenvalue weighted by molar-refractivity contribution is 7.89. The third kappa shape index (κ3) is 5.19. The van der Waals surface area contributed by atoms with Gasteiger partial charge in [-0.05, 0) is 31.3 Å². The second-order valence-corrected chi connectivity index (χ2v) is 7.05. The summed E-state index contributed by atoms with van der Waals surface area (Å²) in [6.45, 7) is 5.67. The molecule has 0 bridgehead atoms. The molecule has 110 valence electrons. The van der Waals surface area contributed by atoms with Crippen LogP contribution in [0.4, 0.5) is 0 Å². The SMILES string of the molecule is CCCNCc1sccc1S(=O)(=O)NC(C)COC. The quantitative estimate of drug-likeness (QED) is 0.680. The first-order valence-corrected chi connectivity index (χ1v) is 8.66. The van der Waals surface area contributed by atoms with E-state index in [1.807, 2.05) is 0 Å². The molecule has 0 aliphatic rings. The van der Waals surface area contributed by atoms with Gasteiger partial charge in [0.2, 0.25) is 10.0 Å². The standard InChI is InChI=1S/C12H22N2O3S2/c1-4-6-13-8-11-12(5-7-18-11)19(15,16)14-10(2)9-17-3/h5,7,10,13-14H,4,6,8-9H2,1-3H3. The number of thiophene rings is 1. The first kappa shape index (κ1) is 16.6. The summed E-state index contributed by atoms with van der Waals surface area (Å²) in [6, 6.07) is 1.40. The zero-order chi connectivity index (χ0) is 14.3. The lowest BCUT2D eigenvalue weighted by molar-refractivity contribution is 0.180. The summed E-state index contributed by atoms with van der Waals surface area (Å²) in [6.07, 6.45) is 1.02. The molecule has 0 saturated carbocycles. The van der Waals surface area contributed by atoms with Crippen LogP contribution in [0.3, 0.4) is 0 Å². The molecule has 7 heteroatoms. The number of methoxy groups -OCH3 is 1. The van der Waals surface area contributed by atoms with Crippen LogP contribution in [0.5, 0.6) is 0 Å². The Morgan fingerprint density at radius 2 is 2.21 bits per heavy atom. The Morgan fingerprint density at radius 3 is 2.84 bits per heavy atom. The molecule has 0 amide bonds. The molecule has 0 spiro atoms. The number of rotatable bonds is 9. The number of hydrogen-bond acceptors (Lipinski definition) is 5. The van der Waals surface area contributed by atoms with E-state index in [0.717, 1.165) is 17.8 Å². The maximum Gasteiger partial charge on any atom is 0.242 e. The first-order chi connectivity index (χ1) is 9.01. The van der Waals surface area contributed by atoms with Crippen molar-refractivity contribution in [2.75, 3.05) is 20.3 Å². The summed E-state index contributed by atoms with van der Waals surface area (Å²) in [5.74, 6) is 0. The van der Waals surface area contributed by atoms with Gasteiger partial charge in [0.15, 0.2) is 0 Å². The van der Waals surface area contributed by atoms with Crippen LogP contribution < -0.4 is 10.0 Å². The molecule has 1 unspecified atom stereocenters. The van der Waals surface area contributed by atoms with Gasteiger partial charge < -0.3 is 10.1 Å². The van der Waals surface area contributed by atoms with E-state index in [0.29, 0.717) is 18.0 Å². The average Bonchev–Trinajstić information content (AvgIpc) is 2.78. The summed E-state index contributed by atoms with van der Waals surface area (Å²) in [5, 5.41) is 5.03. The van der Waals surface area contributed by atoms with E-state index < -0.39 is 10.0 Å². The highest BCUT2D eigenvalue weighted by Crippen LogP contribution is 2.21. The summed E-state index contributed by atoms with van der Waals surface area (Å²) in [4.78, 5) is 1.20. The Balaban J connectivity index is 2.75. The normalized spacial score (nSPS) is 13.6. The Hall–Kier alpha value is -0.470. The Kier molecular flexibility index (Phi) is 6.95. The van der Waals surface area contributed by atoms with Crippen LogP contribution >= 0.6 is 11.3 Å². The van der Waals surface area contributed by atoms with Crippen LogP contribution in [0.1, 0.15) is 25.1 Å². The van der Waals surface area contributed by atoms with Gasteiger partial charge in [-0.25, -0.2) is 13.1 Å². The Labute approximate surface area is 119 Å². The van der Waals surface area contributed by atoms with Crippen molar-refractivity contribution in [3.63, 3.8) is 0 Å². The second-order valence-electron chi connectivity index (χ2n) is 4.36. The smallest absolute Gasteiger partial charge is 0.242 e. The molecule has 0 radical (unpaired) electrons. The van der Waals surface area contributed by atoms with Gasteiger partial charge in [0.1, 0.15) is 0 Å². The Bertz CT molecular complexity index is 471.